The van der Waals surface area contributed by atoms with Gasteiger partial charge in [0.1, 0.15) is 0 Å². The highest BCUT2D eigenvalue weighted by Crippen LogP contribution is 2.17. The molecule has 1 aromatic heterocycles. The molecule has 0 atom stereocenters. The number of guanidine groups is 1. The standard InChI is InChI=1S/C17H28N4OS.HI/c1-18-17(19-11-9-15-8-5-13-23-15)20-12-10-16(22)21-14-6-3-2-4-7-14;/h5,8,13-14H,2-4,6-7,9-12H2,1H3,(H,21,22)(H2,18,19,20);1H. The van der Waals surface area contributed by atoms with Crippen LogP contribution < -0.4 is 16.0 Å². The van der Waals surface area contributed by atoms with Crippen molar-refractivity contribution in [1.82, 2.24) is 16.0 Å². The van der Waals surface area contributed by atoms with Gasteiger partial charge in [-0.15, -0.1) is 35.3 Å². The summed E-state index contributed by atoms with van der Waals surface area (Å²) in [6.07, 6.45) is 7.52. The molecular formula is C17H29IN4OS. The second-order valence-electron chi connectivity index (χ2n) is 5.91. The number of hydrogen-bond donors (Lipinski definition) is 3. The molecule has 136 valence electrons. The van der Waals surface area contributed by atoms with E-state index in [1.165, 1.54) is 24.1 Å². The van der Waals surface area contributed by atoms with E-state index in [0.29, 0.717) is 19.0 Å². The number of nitrogens with zero attached hydrogens (tertiary/aromatic N) is 1. The molecule has 0 spiro atoms. The van der Waals surface area contributed by atoms with Crippen LogP contribution in [0.3, 0.4) is 0 Å². The summed E-state index contributed by atoms with van der Waals surface area (Å²) in [4.78, 5) is 17.5. The SMILES string of the molecule is CN=C(NCCC(=O)NC1CCCCC1)NCCc1cccs1.I. The summed E-state index contributed by atoms with van der Waals surface area (Å²) in [7, 11) is 1.75. The summed E-state index contributed by atoms with van der Waals surface area (Å²) in [5, 5.41) is 11.7. The van der Waals surface area contributed by atoms with E-state index in [9.17, 15) is 4.79 Å². The number of amides is 1. The van der Waals surface area contributed by atoms with Crippen molar-refractivity contribution < 1.29 is 4.79 Å². The van der Waals surface area contributed by atoms with Gasteiger partial charge in [-0.05, 0) is 30.7 Å². The molecule has 1 aliphatic carbocycles. The predicted molar refractivity (Wildman–Crippen MR) is 112 cm³/mol. The van der Waals surface area contributed by atoms with Crippen LogP contribution in [0.2, 0.25) is 0 Å². The van der Waals surface area contributed by atoms with Gasteiger partial charge < -0.3 is 16.0 Å². The monoisotopic (exact) mass is 464 g/mol. The minimum atomic E-state index is 0. The average Bonchev–Trinajstić information content (AvgIpc) is 3.07. The lowest BCUT2D eigenvalue weighted by atomic mass is 9.95. The number of thiophene rings is 1. The summed E-state index contributed by atoms with van der Waals surface area (Å²) >= 11 is 1.77. The smallest absolute Gasteiger partial charge is 0.221 e. The molecule has 1 aliphatic rings. The molecule has 1 fully saturated rings. The van der Waals surface area contributed by atoms with Crippen molar-refractivity contribution in [2.75, 3.05) is 20.1 Å². The molecule has 0 bridgehead atoms. The fraction of sp³-hybridized carbons (Fsp3) is 0.647. The largest absolute Gasteiger partial charge is 0.356 e. The molecule has 0 aromatic carbocycles. The lowest BCUT2D eigenvalue weighted by Gasteiger charge is -2.22. The fourth-order valence-electron chi connectivity index (χ4n) is 2.82. The third kappa shape index (κ3) is 8.32. The zero-order chi connectivity index (χ0) is 16.3. The third-order valence-corrected chi connectivity index (χ3v) is 5.02. The van der Waals surface area contributed by atoms with E-state index >= 15 is 0 Å². The van der Waals surface area contributed by atoms with E-state index in [1.807, 2.05) is 0 Å². The topological polar surface area (TPSA) is 65.5 Å². The number of nitrogens with one attached hydrogen (secondary N) is 3. The van der Waals surface area contributed by atoms with Crippen molar-refractivity contribution in [1.29, 1.82) is 0 Å². The zero-order valence-corrected chi connectivity index (χ0v) is 17.5. The molecule has 0 unspecified atom stereocenters. The van der Waals surface area contributed by atoms with Gasteiger partial charge in [-0.3, -0.25) is 9.79 Å². The summed E-state index contributed by atoms with van der Waals surface area (Å²) < 4.78 is 0. The Morgan fingerprint density at radius 1 is 1.25 bits per heavy atom. The molecule has 24 heavy (non-hydrogen) atoms. The Hall–Kier alpha value is -0.830. The molecule has 0 saturated heterocycles. The Morgan fingerprint density at radius 3 is 2.67 bits per heavy atom. The summed E-state index contributed by atoms with van der Waals surface area (Å²) in [5.74, 6) is 0.894. The van der Waals surface area contributed by atoms with Crippen LogP contribution in [0.4, 0.5) is 0 Å². The highest BCUT2D eigenvalue weighted by Gasteiger charge is 2.15. The van der Waals surface area contributed by atoms with Gasteiger partial charge in [0, 0.05) is 37.5 Å². The minimum absolute atomic E-state index is 0. The van der Waals surface area contributed by atoms with Crippen molar-refractivity contribution in [3.8, 4) is 0 Å². The van der Waals surface area contributed by atoms with E-state index < -0.39 is 0 Å². The molecule has 1 heterocycles. The second kappa shape index (κ2) is 12.5. The average molecular weight is 464 g/mol. The summed E-state index contributed by atoms with van der Waals surface area (Å²) in [5.41, 5.74) is 0. The number of hydrogen-bond acceptors (Lipinski definition) is 3. The maximum Gasteiger partial charge on any atom is 0.221 e. The molecule has 1 amide bonds. The number of aliphatic imine (C=N–C) groups is 1. The highest BCUT2D eigenvalue weighted by atomic mass is 127. The van der Waals surface area contributed by atoms with Crippen molar-refractivity contribution in [2.45, 2.75) is 51.0 Å². The van der Waals surface area contributed by atoms with Crippen LogP contribution in [0, 0.1) is 0 Å². The first kappa shape index (κ1) is 21.2. The lowest BCUT2D eigenvalue weighted by Crippen LogP contribution is -2.41. The van der Waals surface area contributed by atoms with Crippen molar-refractivity contribution >= 4 is 47.2 Å². The molecule has 0 radical (unpaired) electrons. The lowest BCUT2D eigenvalue weighted by molar-refractivity contribution is -0.121. The highest BCUT2D eigenvalue weighted by molar-refractivity contribution is 14.0. The number of rotatable bonds is 7. The molecule has 1 saturated carbocycles. The van der Waals surface area contributed by atoms with Crippen LogP contribution in [-0.2, 0) is 11.2 Å². The summed E-state index contributed by atoms with van der Waals surface area (Å²) in [6.45, 7) is 1.45. The van der Waals surface area contributed by atoms with Crippen molar-refractivity contribution in [3.05, 3.63) is 22.4 Å². The Labute approximate surface area is 166 Å². The van der Waals surface area contributed by atoms with Crippen LogP contribution in [0.15, 0.2) is 22.5 Å². The van der Waals surface area contributed by atoms with E-state index in [4.69, 9.17) is 0 Å². The quantitative estimate of drug-likeness (QED) is 0.330. The van der Waals surface area contributed by atoms with Gasteiger partial charge in [-0.25, -0.2) is 0 Å². The van der Waals surface area contributed by atoms with E-state index in [-0.39, 0.29) is 29.9 Å². The van der Waals surface area contributed by atoms with Crippen LogP contribution in [0.1, 0.15) is 43.4 Å². The maximum atomic E-state index is 11.9. The van der Waals surface area contributed by atoms with Gasteiger partial charge in [0.25, 0.3) is 0 Å². The normalized spacial score (nSPS) is 15.5. The van der Waals surface area contributed by atoms with Crippen LogP contribution in [0.25, 0.3) is 0 Å². The second-order valence-corrected chi connectivity index (χ2v) is 6.94. The Kier molecular flexibility index (Phi) is 11.1. The van der Waals surface area contributed by atoms with Gasteiger partial charge in [0.15, 0.2) is 5.96 Å². The van der Waals surface area contributed by atoms with Crippen molar-refractivity contribution in [3.63, 3.8) is 0 Å². The Bertz CT molecular complexity index is 487. The van der Waals surface area contributed by atoms with Gasteiger partial charge in [-0.2, -0.15) is 0 Å². The zero-order valence-electron chi connectivity index (χ0n) is 14.3. The predicted octanol–water partition coefficient (Wildman–Crippen LogP) is 2.91. The van der Waals surface area contributed by atoms with Crippen LogP contribution >= 0.6 is 35.3 Å². The van der Waals surface area contributed by atoms with Gasteiger partial charge in [0.05, 0.1) is 0 Å². The molecule has 1 aromatic rings. The van der Waals surface area contributed by atoms with Crippen LogP contribution in [-0.4, -0.2) is 38.0 Å². The first-order valence-corrected chi connectivity index (χ1v) is 9.42. The van der Waals surface area contributed by atoms with Gasteiger partial charge >= 0.3 is 0 Å². The van der Waals surface area contributed by atoms with Crippen molar-refractivity contribution in [2.24, 2.45) is 4.99 Å². The minimum Gasteiger partial charge on any atom is -0.356 e. The van der Waals surface area contributed by atoms with Gasteiger partial charge in [0.2, 0.25) is 5.91 Å². The van der Waals surface area contributed by atoms with E-state index in [2.05, 4.69) is 38.5 Å². The molecule has 7 heteroatoms. The summed E-state index contributed by atoms with van der Waals surface area (Å²) in [6, 6.07) is 4.59. The van der Waals surface area contributed by atoms with E-state index in [1.54, 1.807) is 18.4 Å². The number of carbonyl (C=O) groups is 1. The fourth-order valence-corrected chi connectivity index (χ4v) is 3.53. The number of halogens is 1. The van der Waals surface area contributed by atoms with Gasteiger partial charge in [-0.1, -0.05) is 25.3 Å². The van der Waals surface area contributed by atoms with Crippen LogP contribution in [0.5, 0.6) is 0 Å². The molecule has 5 nitrogen and oxygen atoms in total. The molecule has 3 N–H and O–H groups in total. The first-order valence-electron chi connectivity index (χ1n) is 8.54. The Morgan fingerprint density at radius 2 is 2.00 bits per heavy atom. The molecule has 2 rings (SSSR count). The number of carbonyl (C=O) groups excluding carboxylic acids is 1. The Balaban J connectivity index is 0.00000288. The maximum absolute atomic E-state index is 11.9. The van der Waals surface area contributed by atoms with E-state index in [0.717, 1.165) is 31.8 Å². The molecule has 0 aliphatic heterocycles. The molecular weight excluding hydrogens is 435 g/mol. The third-order valence-electron chi connectivity index (χ3n) is 4.08. The first-order chi connectivity index (χ1) is 11.3.